The van der Waals surface area contributed by atoms with Gasteiger partial charge in [-0.3, -0.25) is 4.79 Å². The molecule has 2 aromatic carbocycles. The maximum absolute atomic E-state index is 13.6. The highest BCUT2D eigenvalue weighted by Gasteiger charge is 2.40. The van der Waals surface area contributed by atoms with Gasteiger partial charge in [0.05, 0.1) is 24.4 Å². The number of ketones is 1. The van der Waals surface area contributed by atoms with Gasteiger partial charge >= 0.3 is 0 Å². The van der Waals surface area contributed by atoms with E-state index in [1.807, 2.05) is 6.92 Å². The molecule has 0 amide bonds. The van der Waals surface area contributed by atoms with Crippen LogP contribution >= 0.6 is 0 Å². The number of methoxy groups -OCH3 is 1. The Bertz CT molecular complexity index is 1350. The lowest BCUT2D eigenvalue weighted by Gasteiger charge is -2.26. The summed E-state index contributed by atoms with van der Waals surface area (Å²) in [5.41, 5.74) is 7.22. The van der Waals surface area contributed by atoms with E-state index in [2.05, 4.69) is 0 Å². The minimum Gasteiger partial charge on any atom is -0.493 e. The monoisotopic (exact) mass is 520 g/mol. The van der Waals surface area contributed by atoms with E-state index in [0.717, 1.165) is 18.4 Å². The third-order valence-electron chi connectivity index (χ3n) is 7.43. The smallest absolute Gasteiger partial charge is 0.163 e. The fourth-order valence-corrected chi connectivity index (χ4v) is 4.63. The molecule has 1 fully saturated rings. The molecule has 38 heavy (non-hydrogen) atoms. The van der Waals surface area contributed by atoms with E-state index >= 15 is 0 Å². The topological polar surface area (TPSA) is 104 Å². The van der Waals surface area contributed by atoms with Crippen molar-refractivity contribution < 1.29 is 28.5 Å². The zero-order valence-electron chi connectivity index (χ0n) is 21.9. The van der Waals surface area contributed by atoms with Crippen LogP contribution in [0.1, 0.15) is 67.6 Å². The van der Waals surface area contributed by atoms with Crippen molar-refractivity contribution in [3.63, 3.8) is 0 Å². The molecule has 7 nitrogen and oxygen atoms in total. The van der Waals surface area contributed by atoms with E-state index in [9.17, 15) is 14.3 Å². The average Bonchev–Trinajstić information content (AvgIpc) is 3.68. The van der Waals surface area contributed by atoms with E-state index in [1.54, 1.807) is 50.4 Å². The molecule has 0 spiro atoms. The van der Waals surface area contributed by atoms with Gasteiger partial charge in [-0.15, -0.1) is 0 Å². The van der Waals surface area contributed by atoms with Crippen molar-refractivity contribution in [2.45, 2.75) is 63.2 Å². The van der Waals surface area contributed by atoms with Gasteiger partial charge in [-0.1, -0.05) is 6.92 Å². The van der Waals surface area contributed by atoms with Gasteiger partial charge in [0.1, 0.15) is 23.7 Å². The minimum absolute atomic E-state index is 0.0850. The fraction of sp³-hybridized carbons (Fsp3) is 0.400. The van der Waals surface area contributed by atoms with Crippen molar-refractivity contribution in [2.24, 2.45) is 5.73 Å². The molecule has 5 rings (SSSR count). The molecule has 0 radical (unpaired) electrons. The Morgan fingerprint density at radius 2 is 1.95 bits per heavy atom. The van der Waals surface area contributed by atoms with Gasteiger partial charge in [0.15, 0.2) is 23.0 Å². The molecule has 0 saturated heterocycles. The van der Waals surface area contributed by atoms with Crippen molar-refractivity contribution in [3.05, 3.63) is 71.2 Å². The predicted molar refractivity (Wildman–Crippen MR) is 141 cm³/mol. The number of carbonyl (C=O) groups is 1. The standard InChI is InChI=1S/C30H33FN2O5/c1-4-30(32)17-37-28-22(30)16-26(33-27(28)18-5-8-20(31)9-6-18)29(2,35)14-13-23(34)19-7-12-24(25(15-19)36-3)38-21-10-11-21/h5-9,12,15-16,21,35H,4,10-11,13-14,17,32H2,1-3H3. The Morgan fingerprint density at radius 3 is 2.61 bits per heavy atom. The summed E-state index contributed by atoms with van der Waals surface area (Å²) in [5, 5.41) is 11.5. The highest BCUT2D eigenvalue weighted by atomic mass is 19.1. The second-order valence-electron chi connectivity index (χ2n) is 10.4. The molecule has 200 valence electrons. The van der Waals surface area contributed by atoms with Crippen LogP contribution in [0.3, 0.4) is 0 Å². The van der Waals surface area contributed by atoms with Crippen molar-refractivity contribution >= 4 is 5.78 Å². The van der Waals surface area contributed by atoms with E-state index in [0.29, 0.717) is 46.2 Å². The molecule has 2 atom stereocenters. The lowest BCUT2D eigenvalue weighted by molar-refractivity contribution is 0.0396. The number of fused-ring (bicyclic) bond motifs is 1. The zero-order valence-corrected chi connectivity index (χ0v) is 21.9. The first-order valence-corrected chi connectivity index (χ1v) is 13.0. The molecule has 2 aliphatic rings. The van der Waals surface area contributed by atoms with Crippen LogP contribution in [-0.4, -0.2) is 35.7 Å². The summed E-state index contributed by atoms with van der Waals surface area (Å²) in [6.07, 6.45) is 3.10. The van der Waals surface area contributed by atoms with Crippen LogP contribution in [-0.2, 0) is 11.1 Å². The number of aliphatic hydroxyl groups is 1. The van der Waals surface area contributed by atoms with Crippen LogP contribution in [0.25, 0.3) is 11.3 Å². The summed E-state index contributed by atoms with van der Waals surface area (Å²) in [6.45, 7) is 3.89. The van der Waals surface area contributed by atoms with E-state index in [1.165, 1.54) is 12.1 Å². The van der Waals surface area contributed by atoms with Gasteiger partial charge in [0.2, 0.25) is 0 Å². The number of Topliss-reactive ketones (excluding diaryl/α,β-unsaturated/α-hetero) is 1. The highest BCUT2D eigenvalue weighted by molar-refractivity contribution is 5.96. The number of rotatable bonds is 10. The van der Waals surface area contributed by atoms with Gasteiger partial charge in [-0.05, 0) is 81.1 Å². The molecule has 1 saturated carbocycles. The summed E-state index contributed by atoms with van der Waals surface area (Å²) in [6, 6.07) is 12.9. The lowest BCUT2D eigenvalue weighted by atomic mass is 9.86. The van der Waals surface area contributed by atoms with Crippen LogP contribution in [0.4, 0.5) is 4.39 Å². The van der Waals surface area contributed by atoms with E-state index in [-0.39, 0.29) is 37.2 Å². The number of benzene rings is 2. The van der Waals surface area contributed by atoms with Gasteiger partial charge in [-0.25, -0.2) is 9.37 Å². The Kier molecular flexibility index (Phi) is 6.88. The Hall–Kier alpha value is -3.49. The van der Waals surface area contributed by atoms with Crippen molar-refractivity contribution in [1.29, 1.82) is 0 Å². The van der Waals surface area contributed by atoms with Crippen molar-refractivity contribution in [3.8, 4) is 28.5 Å². The predicted octanol–water partition coefficient (Wildman–Crippen LogP) is 5.26. The number of aromatic nitrogens is 1. The van der Waals surface area contributed by atoms with E-state index in [4.69, 9.17) is 24.9 Å². The second kappa shape index (κ2) is 10.0. The van der Waals surface area contributed by atoms with Crippen molar-refractivity contribution in [1.82, 2.24) is 4.98 Å². The molecule has 1 aromatic heterocycles. The summed E-state index contributed by atoms with van der Waals surface area (Å²) < 4.78 is 30.8. The van der Waals surface area contributed by atoms with Gasteiger partial charge in [0, 0.05) is 23.1 Å². The normalized spacial score (nSPS) is 19.8. The number of nitrogens with zero attached hydrogens (tertiary/aromatic N) is 1. The molecule has 3 N–H and O–H groups in total. The molecular weight excluding hydrogens is 487 g/mol. The SMILES string of the molecule is CCC1(N)COc2c1cc(C(C)(O)CCC(=O)c1ccc(OC3CC3)c(OC)c1)nc2-c1ccc(F)cc1. The first-order chi connectivity index (χ1) is 18.1. The van der Waals surface area contributed by atoms with E-state index < -0.39 is 11.1 Å². The number of pyridine rings is 1. The molecule has 1 aliphatic heterocycles. The molecule has 8 heteroatoms. The number of carbonyl (C=O) groups excluding carboxylic acids is 1. The minimum atomic E-state index is -1.43. The number of halogens is 1. The maximum atomic E-state index is 13.6. The number of nitrogens with two attached hydrogens (primary N) is 1. The average molecular weight is 521 g/mol. The molecule has 3 aromatic rings. The number of ether oxygens (including phenoxy) is 3. The van der Waals surface area contributed by atoms with Gasteiger partial charge < -0.3 is 25.1 Å². The van der Waals surface area contributed by atoms with Crippen LogP contribution in [0.5, 0.6) is 17.2 Å². The Labute approximate surface area is 221 Å². The third-order valence-corrected chi connectivity index (χ3v) is 7.43. The quantitative estimate of drug-likeness (QED) is 0.351. The molecule has 0 bridgehead atoms. The first-order valence-electron chi connectivity index (χ1n) is 13.0. The summed E-state index contributed by atoms with van der Waals surface area (Å²) in [5.74, 6) is 1.18. The summed E-state index contributed by atoms with van der Waals surface area (Å²) in [7, 11) is 1.55. The van der Waals surface area contributed by atoms with Crippen LogP contribution in [0.2, 0.25) is 0 Å². The molecule has 2 unspecified atom stereocenters. The molecule has 1 aliphatic carbocycles. The maximum Gasteiger partial charge on any atom is 0.163 e. The Balaban J connectivity index is 1.41. The summed E-state index contributed by atoms with van der Waals surface area (Å²) in [4.78, 5) is 17.8. The van der Waals surface area contributed by atoms with Crippen molar-refractivity contribution in [2.75, 3.05) is 13.7 Å². The fourth-order valence-electron chi connectivity index (χ4n) is 4.63. The van der Waals surface area contributed by atoms with Gasteiger partial charge in [0.25, 0.3) is 0 Å². The largest absolute Gasteiger partial charge is 0.493 e. The Morgan fingerprint density at radius 1 is 1.21 bits per heavy atom. The summed E-state index contributed by atoms with van der Waals surface area (Å²) >= 11 is 0. The zero-order chi connectivity index (χ0) is 27.1. The highest BCUT2D eigenvalue weighted by Crippen LogP contribution is 2.45. The van der Waals surface area contributed by atoms with Crippen LogP contribution < -0.4 is 19.9 Å². The second-order valence-corrected chi connectivity index (χ2v) is 10.4. The first kappa shape index (κ1) is 26.1. The molecule has 2 heterocycles. The molecular formula is C30H33FN2O5. The van der Waals surface area contributed by atoms with Crippen LogP contribution in [0, 0.1) is 5.82 Å². The van der Waals surface area contributed by atoms with Gasteiger partial charge in [-0.2, -0.15) is 0 Å². The number of hydrogen-bond acceptors (Lipinski definition) is 7. The lowest BCUT2D eigenvalue weighted by Crippen LogP contribution is -2.37. The van der Waals surface area contributed by atoms with Crippen LogP contribution in [0.15, 0.2) is 48.5 Å². The third kappa shape index (κ3) is 5.11. The number of hydrogen-bond donors (Lipinski definition) is 2.